The summed E-state index contributed by atoms with van der Waals surface area (Å²) >= 11 is 1.46. The lowest BCUT2D eigenvalue weighted by Crippen LogP contribution is -2.44. The van der Waals surface area contributed by atoms with Gasteiger partial charge in [0.25, 0.3) is 11.6 Å². The van der Waals surface area contributed by atoms with E-state index in [2.05, 4.69) is 30.5 Å². The molecular formula is C33H32N4O3S. The molecule has 0 unspecified atom stereocenters. The Labute approximate surface area is 243 Å². The van der Waals surface area contributed by atoms with E-state index < -0.39 is 0 Å². The van der Waals surface area contributed by atoms with Crippen LogP contribution in [-0.2, 0) is 11.3 Å². The van der Waals surface area contributed by atoms with Gasteiger partial charge in [-0.1, -0.05) is 68.3 Å². The maximum atomic E-state index is 14.1. The molecule has 1 aliphatic heterocycles. The van der Waals surface area contributed by atoms with Crippen molar-refractivity contribution in [3.05, 3.63) is 111 Å². The molecule has 4 aromatic rings. The number of amides is 1. The smallest absolute Gasteiger partial charge is 0.269 e. The minimum absolute atomic E-state index is 0.0232. The van der Waals surface area contributed by atoms with Crippen LogP contribution in [0.1, 0.15) is 49.4 Å². The van der Waals surface area contributed by atoms with Gasteiger partial charge in [-0.05, 0) is 67.3 Å². The molecule has 6 rings (SSSR count). The van der Waals surface area contributed by atoms with E-state index in [1.807, 2.05) is 53.4 Å². The molecule has 1 saturated carbocycles. The highest BCUT2D eigenvalue weighted by atomic mass is 32.2. The van der Waals surface area contributed by atoms with Crippen molar-refractivity contribution in [1.82, 2.24) is 9.47 Å². The van der Waals surface area contributed by atoms with Gasteiger partial charge in [0.05, 0.1) is 15.5 Å². The van der Waals surface area contributed by atoms with Crippen LogP contribution in [0.25, 0.3) is 17.0 Å². The average molecular weight is 565 g/mol. The first-order valence-electron chi connectivity index (χ1n) is 14.1. The lowest BCUT2D eigenvalue weighted by atomic mass is 9.85. The largest absolute Gasteiger partial charge is 0.340 e. The van der Waals surface area contributed by atoms with Gasteiger partial charge in [0.1, 0.15) is 0 Å². The quantitative estimate of drug-likeness (QED) is 0.135. The van der Waals surface area contributed by atoms with Crippen LogP contribution >= 0.6 is 11.8 Å². The summed E-state index contributed by atoms with van der Waals surface area (Å²) in [4.78, 5) is 32.4. The molecule has 1 amide bonds. The van der Waals surface area contributed by atoms with E-state index in [-0.39, 0.29) is 22.6 Å². The van der Waals surface area contributed by atoms with Crippen molar-refractivity contribution in [1.29, 1.82) is 0 Å². The molecule has 41 heavy (non-hydrogen) atoms. The number of amidine groups is 1. The molecule has 2 fully saturated rings. The van der Waals surface area contributed by atoms with Crippen molar-refractivity contribution >= 4 is 51.2 Å². The van der Waals surface area contributed by atoms with Crippen molar-refractivity contribution in [3.63, 3.8) is 0 Å². The fourth-order valence-electron chi connectivity index (χ4n) is 6.03. The van der Waals surface area contributed by atoms with Gasteiger partial charge in [-0.15, -0.1) is 0 Å². The topological polar surface area (TPSA) is 80.7 Å². The average Bonchev–Trinajstić information content (AvgIpc) is 3.42. The van der Waals surface area contributed by atoms with Crippen molar-refractivity contribution in [2.75, 3.05) is 0 Å². The predicted octanol–water partition coefficient (Wildman–Crippen LogP) is 8.09. The molecule has 0 spiro atoms. The highest BCUT2D eigenvalue weighted by Gasteiger charge is 2.41. The van der Waals surface area contributed by atoms with Crippen LogP contribution < -0.4 is 0 Å². The SMILES string of the molecule is Cc1c(/C=C2\SC(=Nc3ccccc3)N([C@@H]3CCCC[C@@H]3C)C2=O)c2ccccc2n1Cc1ccc([N+](=O)[O-])cc1. The number of rotatable bonds is 6. The number of nitro benzene ring substituents is 1. The molecule has 0 bridgehead atoms. The molecule has 2 aliphatic rings. The van der Waals surface area contributed by atoms with E-state index in [0.29, 0.717) is 17.4 Å². The summed E-state index contributed by atoms with van der Waals surface area (Å²) in [7, 11) is 0. The third-order valence-electron chi connectivity index (χ3n) is 8.26. The molecule has 2 atom stereocenters. The van der Waals surface area contributed by atoms with Crippen molar-refractivity contribution in [2.45, 2.75) is 52.1 Å². The lowest BCUT2D eigenvalue weighted by Gasteiger charge is -2.35. The second-order valence-corrected chi connectivity index (χ2v) is 11.9. The molecule has 2 heterocycles. The van der Waals surface area contributed by atoms with Crippen LogP contribution in [0.15, 0.2) is 88.8 Å². The Morgan fingerprint density at radius 2 is 1.71 bits per heavy atom. The number of non-ortho nitro benzene ring substituents is 1. The second kappa shape index (κ2) is 11.4. The number of aromatic nitrogens is 1. The highest BCUT2D eigenvalue weighted by Crippen LogP contribution is 2.41. The number of hydrogen-bond donors (Lipinski definition) is 0. The number of carbonyl (C=O) groups excluding carboxylic acids is 1. The number of benzene rings is 3. The van der Waals surface area contributed by atoms with Gasteiger partial charge in [0, 0.05) is 46.9 Å². The van der Waals surface area contributed by atoms with E-state index in [1.54, 1.807) is 24.3 Å². The molecule has 0 radical (unpaired) electrons. The van der Waals surface area contributed by atoms with Gasteiger partial charge >= 0.3 is 0 Å². The van der Waals surface area contributed by atoms with Crippen LogP contribution in [0.5, 0.6) is 0 Å². The number of nitro groups is 1. The van der Waals surface area contributed by atoms with Gasteiger partial charge in [-0.25, -0.2) is 4.99 Å². The Morgan fingerprint density at radius 3 is 2.44 bits per heavy atom. The Morgan fingerprint density at radius 1 is 1.00 bits per heavy atom. The van der Waals surface area contributed by atoms with Gasteiger partial charge < -0.3 is 4.57 Å². The zero-order valence-electron chi connectivity index (χ0n) is 23.2. The Balaban J connectivity index is 1.40. The summed E-state index contributed by atoms with van der Waals surface area (Å²) in [6.45, 7) is 4.89. The Hall–Kier alpha value is -4.17. The number of hydrogen-bond acceptors (Lipinski definition) is 5. The Bertz CT molecular complexity index is 1670. The van der Waals surface area contributed by atoms with Gasteiger partial charge in [0.2, 0.25) is 0 Å². The minimum atomic E-state index is -0.382. The van der Waals surface area contributed by atoms with Crippen LogP contribution in [-0.4, -0.2) is 31.5 Å². The maximum Gasteiger partial charge on any atom is 0.269 e. The summed E-state index contributed by atoms with van der Waals surface area (Å²) in [5, 5.41) is 12.9. The first kappa shape index (κ1) is 27.0. The fraction of sp³-hybridized carbons (Fsp3) is 0.273. The normalized spacial score (nSPS) is 21.3. The van der Waals surface area contributed by atoms with E-state index in [0.717, 1.165) is 57.8 Å². The van der Waals surface area contributed by atoms with Crippen molar-refractivity contribution in [2.24, 2.45) is 10.9 Å². The molecule has 1 aromatic heterocycles. The summed E-state index contributed by atoms with van der Waals surface area (Å²) < 4.78 is 2.22. The summed E-state index contributed by atoms with van der Waals surface area (Å²) in [5.74, 6) is 0.439. The van der Waals surface area contributed by atoms with Crippen molar-refractivity contribution < 1.29 is 9.72 Å². The second-order valence-electron chi connectivity index (χ2n) is 10.9. The molecule has 8 heteroatoms. The predicted molar refractivity (Wildman–Crippen MR) is 166 cm³/mol. The van der Waals surface area contributed by atoms with E-state index in [1.165, 1.54) is 18.2 Å². The number of carbonyl (C=O) groups is 1. The van der Waals surface area contributed by atoms with Gasteiger partial charge in [-0.2, -0.15) is 0 Å². The standard InChI is InChI=1S/C33H32N4O3S/c1-22-10-6-8-14-29(22)36-32(38)31(41-33(36)34-25-11-4-3-5-12-25)20-28-23(2)35(30-15-9-7-13-27(28)30)21-24-16-18-26(19-17-24)37(39)40/h3-5,7,9,11-13,15-20,22,29H,6,8,10,14,21H2,1-2H3/b31-20-,34-33?/t22-,29+/m0/s1. The number of aliphatic imine (C=N–C) groups is 1. The molecule has 208 valence electrons. The minimum Gasteiger partial charge on any atom is -0.340 e. The molecule has 1 aliphatic carbocycles. The van der Waals surface area contributed by atoms with Crippen molar-refractivity contribution in [3.8, 4) is 0 Å². The third-order valence-corrected chi connectivity index (χ3v) is 9.24. The third kappa shape index (κ3) is 5.32. The van der Waals surface area contributed by atoms with Crippen LogP contribution in [0.4, 0.5) is 11.4 Å². The van der Waals surface area contributed by atoms with Gasteiger partial charge in [-0.3, -0.25) is 19.8 Å². The fourth-order valence-corrected chi connectivity index (χ4v) is 7.06. The summed E-state index contributed by atoms with van der Waals surface area (Å²) in [5.41, 5.74) is 5.00. The molecule has 0 N–H and O–H groups in total. The molecule has 1 saturated heterocycles. The highest BCUT2D eigenvalue weighted by molar-refractivity contribution is 8.18. The number of nitrogens with zero attached hydrogens (tertiary/aromatic N) is 4. The zero-order chi connectivity index (χ0) is 28.5. The summed E-state index contributed by atoms with van der Waals surface area (Å²) in [6.07, 6.45) is 6.46. The first-order valence-corrected chi connectivity index (χ1v) is 14.9. The van der Waals surface area contributed by atoms with Crippen LogP contribution in [0.3, 0.4) is 0 Å². The van der Waals surface area contributed by atoms with E-state index in [9.17, 15) is 14.9 Å². The first-order chi connectivity index (χ1) is 19.9. The van der Waals surface area contributed by atoms with E-state index >= 15 is 0 Å². The molecule has 7 nitrogen and oxygen atoms in total. The van der Waals surface area contributed by atoms with Crippen LogP contribution in [0.2, 0.25) is 0 Å². The number of fused-ring (bicyclic) bond motifs is 1. The maximum absolute atomic E-state index is 14.1. The van der Waals surface area contributed by atoms with E-state index in [4.69, 9.17) is 4.99 Å². The van der Waals surface area contributed by atoms with Gasteiger partial charge in [0.15, 0.2) is 5.17 Å². The van der Waals surface area contributed by atoms with Crippen LogP contribution in [0, 0.1) is 23.0 Å². The summed E-state index contributed by atoms with van der Waals surface area (Å²) in [6, 6.07) is 24.9. The lowest BCUT2D eigenvalue weighted by molar-refractivity contribution is -0.384. The monoisotopic (exact) mass is 564 g/mol. The number of para-hydroxylation sites is 2. The molecular weight excluding hydrogens is 532 g/mol. The number of thioether (sulfide) groups is 1. The Kier molecular flexibility index (Phi) is 7.49. The zero-order valence-corrected chi connectivity index (χ0v) is 24.0. The molecule has 3 aromatic carbocycles.